The summed E-state index contributed by atoms with van der Waals surface area (Å²) in [4.78, 5) is 25.5. The van der Waals surface area contributed by atoms with Gasteiger partial charge in [-0.05, 0) is 53.2 Å². The quantitative estimate of drug-likeness (QED) is 0.550. The Bertz CT molecular complexity index is 860. The lowest BCUT2D eigenvalue weighted by molar-refractivity contribution is -0.122. The zero-order chi connectivity index (χ0) is 18.5. The molecule has 2 amide bonds. The molecule has 1 heterocycles. The molecule has 26 heavy (non-hydrogen) atoms. The van der Waals surface area contributed by atoms with Crippen molar-refractivity contribution in [3.8, 4) is 5.75 Å². The molecule has 0 spiro atoms. The summed E-state index contributed by atoms with van der Waals surface area (Å²) in [5.41, 5.74) is 1.66. The molecule has 0 atom stereocenters. The summed E-state index contributed by atoms with van der Waals surface area (Å²) in [5, 5.41) is -0.291. The van der Waals surface area contributed by atoms with E-state index in [-0.39, 0.29) is 23.5 Å². The van der Waals surface area contributed by atoms with Gasteiger partial charge in [-0.25, -0.2) is 4.39 Å². The number of imide groups is 1. The molecule has 2 aromatic rings. The van der Waals surface area contributed by atoms with Crippen molar-refractivity contribution < 1.29 is 18.7 Å². The molecule has 0 aliphatic carbocycles. The highest BCUT2D eigenvalue weighted by Crippen LogP contribution is 2.32. The fourth-order valence-corrected chi connectivity index (χ4v) is 3.19. The van der Waals surface area contributed by atoms with Gasteiger partial charge in [0.1, 0.15) is 18.2 Å². The van der Waals surface area contributed by atoms with E-state index in [9.17, 15) is 14.0 Å². The number of halogens is 1. The minimum atomic E-state index is -0.309. The van der Waals surface area contributed by atoms with E-state index in [0.717, 1.165) is 27.8 Å². The largest absolute Gasteiger partial charge is 0.489 e. The van der Waals surface area contributed by atoms with Crippen LogP contribution in [0.4, 0.5) is 9.18 Å². The molecule has 132 valence electrons. The molecule has 0 bridgehead atoms. The van der Waals surface area contributed by atoms with Gasteiger partial charge in [0.2, 0.25) is 0 Å². The van der Waals surface area contributed by atoms with Crippen LogP contribution in [-0.4, -0.2) is 22.6 Å². The molecule has 1 aliphatic rings. The van der Waals surface area contributed by atoms with Crippen molar-refractivity contribution in [2.45, 2.75) is 6.61 Å². The molecule has 3 rings (SSSR count). The molecule has 4 nitrogen and oxygen atoms in total. The number of amides is 2. The highest BCUT2D eigenvalue weighted by Gasteiger charge is 2.33. The van der Waals surface area contributed by atoms with E-state index >= 15 is 0 Å². The molecule has 6 heteroatoms. The Morgan fingerprint density at radius 1 is 1.08 bits per heavy atom. The van der Waals surface area contributed by atoms with E-state index in [0.29, 0.717) is 17.3 Å². The van der Waals surface area contributed by atoms with E-state index in [1.807, 2.05) is 12.1 Å². The first-order chi connectivity index (χ1) is 12.6. The second kappa shape index (κ2) is 8.01. The standard InChI is InChI=1S/C20H16FNO3S/c1-2-11-22-19(23)18(26-20(22)24)12-14-5-9-17(10-6-14)25-13-15-3-7-16(21)8-4-15/h2-10,12H,1,11,13H2/b18-12+. The Hall–Kier alpha value is -2.86. The van der Waals surface area contributed by atoms with Crippen LogP contribution >= 0.6 is 11.8 Å². The van der Waals surface area contributed by atoms with Gasteiger partial charge in [-0.15, -0.1) is 6.58 Å². The van der Waals surface area contributed by atoms with Crippen molar-refractivity contribution in [1.29, 1.82) is 0 Å². The first kappa shape index (κ1) is 17.9. The number of carbonyl (C=O) groups is 2. The maximum atomic E-state index is 12.9. The summed E-state index contributed by atoms with van der Waals surface area (Å²) in [6.07, 6.45) is 3.20. The summed E-state index contributed by atoms with van der Waals surface area (Å²) < 4.78 is 18.5. The van der Waals surface area contributed by atoms with Gasteiger partial charge < -0.3 is 4.74 Å². The number of ether oxygens (including phenoxy) is 1. The molecular weight excluding hydrogens is 353 g/mol. The molecule has 0 N–H and O–H groups in total. The summed E-state index contributed by atoms with van der Waals surface area (Å²) in [6.45, 7) is 4.09. The van der Waals surface area contributed by atoms with E-state index in [1.165, 1.54) is 18.2 Å². The number of carbonyl (C=O) groups excluding carboxylic acids is 2. The Morgan fingerprint density at radius 3 is 2.42 bits per heavy atom. The zero-order valence-electron chi connectivity index (χ0n) is 13.9. The number of nitrogens with zero attached hydrogens (tertiary/aromatic N) is 1. The third kappa shape index (κ3) is 4.21. The van der Waals surface area contributed by atoms with E-state index in [1.54, 1.807) is 30.3 Å². The lowest BCUT2D eigenvalue weighted by Crippen LogP contribution is -2.27. The molecule has 0 unspecified atom stereocenters. The molecule has 1 fully saturated rings. The van der Waals surface area contributed by atoms with Crippen LogP contribution in [0.3, 0.4) is 0 Å². The van der Waals surface area contributed by atoms with E-state index < -0.39 is 0 Å². The molecule has 1 aliphatic heterocycles. The minimum Gasteiger partial charge on any atom is -0.489 e. The molecule has 2 aromatic carbocycles. The van der Waals surface area contributed by atoms with Crippen molar-refractivity contribution in [2.75, 3.05) is 6.54 Å². The van der Waals surface area contributed by atoms with Crippen LogP contribution in [-0.2, 0) is 11.4 Å². The number of hydrogen-bond acceptors (Lipinski definition) is 4. The van der Waals surface area contributed by atoms with Gasteiger partial charge in [0.15, 0.2) is 0 Å². The summed E-state index contributed by atoms with van der Waals surface area (Å²) in [5.74, 6) is 0.0679. The molecular formula is C20H16FNO3S. The summed E-state index contributed by atoms with van der Waals surface area (Å²) in [7, 11) is 0. The van der Waals surface area contributed by atoms with Gasteiger partial charge in [-0.2, -0.15) is 0 Å². The van der Waals surface area contributed by atoms with Gasteiger partial charge in [0.25, 0.3) is 11.1 Å². The molecule has 0 saturated carbocycles. The number of benzene rings is 2. The minimum absolute atomic E-state index is 0.207. The van der Waals surface area contributed by atoms with Gasteiger partial charge >= 0.3 is 0 Å². The van der Waals surface area contributed by atoms with Gasteiger partial charge in [-0.1, -0.05) is 30.3 Å². The third-order valence-electron chi connectivity index (χ3n) is 3.68. The Kier molecular flexibility index (Phi) is 5.53. The first-order valence-electron chi connectivity index (χ1n) is 7.90. The van der Waals surface area contributed by atoms with Crippen LogP contribution in [0, 0.1) is 5.82 Å². The lowest BCUT2D eigenvalue weighted by Gasteiger charge is -2.08. The normalized spacial score (nSPS) is 15.6. The second-order valence-corrected chi connectivity index (χ2v) is 6.56. The maximum absolute atomic E-state index is 12.9. The maximum Gasteiger partial charge on any atom is 0.293 e. The first-order valence-corrected chi connectivity index (χ1v) is 8.72. The zero-order valence-corrected chi connectivity index (χ0v) is 14.7. The fourth-order valence-electron chi connectivity index (χ4n) is 2.35. The van der Waals surface area contributed by atoms with Crippen molar-refractivity contribution >= 4 is 29.0 Å². The van der Waals surface area contributed by atoms with E-state index in [2.05, 4.69) is 6.58 Å². The van der Waals surface area contributed by atoms with Crippen molar-refractivity contribution in [2.24, 2.45) is 0 Å². The SMILES string of the molecule is C=CCN1C(=O)S/C(=C/c2ccc(OCc3ccc(F)cc3)cc2)C1=O. The number of thioether (sulfide) groups is 1. The third-order valence-corrected chi connectivity index (χ3v) is 4.59. The Balaban J connectivity index is 1.64. The Labute approximate surface area is 155 Å². The van der Waals surface area contributed by atoms with Crippen LogP contribution in [0.1, 0.15) is 11.1 Å². The molecule has 1 saturated heterocycles. The highest BCUT2D eigenvalue weighted by atomic mass is 32.2. The number of hydrogen-bond donors (Lipinski definition) is 0. The van der Waals surface area contributed by atoms with Crippen molar-refractivity contribution in [3.63, 3.8) is 0 Å². The van der Waals surface area contributed by atoms with Crippen LogP contribution in [0.2, 0.25) is 0 Å². The van der Waals surface area contributed by atoms with Gasteiger partial charge in [-0.3, -0.25) is 14.5 Å². The lowest BCUT2D eigenvalue weighted by atomic mass is 10.2. The van der Waals surface area contributed by atoms with Crippen LogP contribution in [0.5, 0.6) is 5.75 Å². The second-order valence-electron chi connectivity index (χ2n) is 5.57. The predicted molar refractivity (Wildman–Crippen MR) is 100 cm³/mol. The number of rotatable bonds is 6. The monoisotopic (exact) mass is 369 g/mol. The van der Waals surface area contributed by atoms with Crippen molar-refractivity contribution in [1.82, 2.24) is 4.90 Å². The molecule has 0 radical (unpaired) electrons. The Morgan fingerprint density at radius 2 is 1.77 bits per heavy atom. The van der Waals surface area contributed by atoms with Gasteiger partial charge in [0, 0.05) is 6.54 Å². The topological polar surface area (TPSA) is 46.6 Å². The fraction of sp³-hybridized carbons (Fsp3) is 0.100. The smallest absolute Gasteiger partial charge is 0.293 e. The van der Waals surface area contributed by atoms with Crippen LogP contribution < -0.4 is 4.74 Å². The average Bonchev–Trinajstić information content (AvgIpc) is 2.90. The summed E-state index contributed by atoms with van der Waals surface area (Å²) >= 11 is 0.918. The van der Waals surface area contributed by atoms with E-state index in [4.69, 9.17) is 4.74 Å². The average molecular weight is 369 g/mol. The van der Waals surface area contributed by atoms with Crippen LogP contribution in [0.15, 0.2) is 66.1 Å². The van der Waals surface area contributed by atoms with Crippen LogP contribution in [0.25, 0.3) is 6.08 Å². The van der Waals surface area contributed by atoms with Crippen molar-refractivity contribution in [3.05, 3.63) is 83.0 Å². The summed E-state index contributed by atoms with van der Waals surface area (Å²) in [6, 6.07) is 13.3. The van der Waals surface area contributed by atoms with Gasteiger partial charge in [0.05, 0.1) is 4.91 Å². The highest BCUT2D eigenvalue weighted by molar-refractivity contribution is 8.18. The molecule has 0 aromatic heterocycles. The predicted octanol–water partition coefficient (Wildman–Crippen LogP) is 4.63.